The quantitative estimate of drug-likeness (QED) is 0.642. The van der Waals surface area contributed by atoms with E-state index in [4.69, 9.17) is 11.6 Å². The van der Waals surface area contributed by atoms with Gasteiger partial charge < -0.3 is 10.2 Å². The Morgan fingerprint density at radius 1 is 1.25 bits per heavy atom. The van der Waals surface area contributed by atoms with Gasteiger partial charge in [0.05, 0.1) is 11.0 Å². The predicted octanol–water partition coefficient (Wildman–Crippen LogP) is 3.28. The molecule has 126 valence electrons. The second-order valence-corrected chi connectivity index (χ2v) is 6.05. The highest BCUT2D eigenvalue weighted by molar-refractivity contribution is 6.31. The molecule has 0 aromatic heterocycles. The highest BCUT2D eigenvalue weighted by atomic mass is 35.5. The molecule has 2 aromatic carbocycles. The summed E-state index contributed by atoms with van der Waals surface area (Å²) in [5.74, 6) is -0.505. The average molecular weight is 348 g/mol. The molecule has 0 aliphatic carbocycles. The number of hydrogen-bond donors (Lipinski definition) is 1. The van der Waals surface area contributed by atoms with Crippen molar-refractivity contribution in [1.82, 2.24) is 10.2 Å². The van der Waals surface area contributed by atoms with Gasteiger partial charge in [0, 0.05) is 17.6 Å². The monoisotopic (exact) mass is 347 g/mol. The van der Waals surface area contributed by atoms with Crippen LogP contribution in [-0.2, 0) is 0 Å². The highest BCUT2D eigenvalue weighted by Gasteiger charge is 2.23. The summed E-state index contributed by atoms with van der Waals surface area (Å²) in [5.41, 5.74) is 0.608. The lowest BCUT2D eigenvalue weighted by Gasteiger charge is -2.23. The summed E-state index contributed by atoms with van der Waals surface area (Å²) in [6.07, 6.45) is 0. The Labute approximate surface area is 145 Å². The molecule has 0 heterocycles. The molecule has 1 amide bonds. The van der Waals surface area contributed by atoms with Gasteiger partial charge in [-0.15, -0.1) is 0 Å². The largest absolute Gasteiger partial charge is 0.344 e. The minimum Gasteiger partial charge on any atom is -0.344 e. The van der Waals surface area contributed by atoms with Crippen LogP contribution in [0, 0.1) is 10.1 Å². The minimum absolute atomic E-state index is 0.0101. The molecule has 0 saturated heterocycles. The summed E-state index contributed by atoms with van der Waals surface area (Å²) < 4.78 is 0. The summed E-state index contributed by atoms with van der Waals surface area (Å²) >= 11 is 5.79. The lowest BCUT2D eigenvalue weighted by Crippen LogP contribution is -2.35. The molecule has 0 aliphatic heterocycles. The number of amides is 1. The first kappa shape index (κ1) is 17.9. The van der Waals surface area contributed by atoms with Crippen LogP contribution in [0.25, 0.3) is 0 Å². The van der Waals surface area contributed by atoms with Crippen LogP contribution in [0.1, 0.15) is 22.0 Å². The number of nitrogens with one attached hydrogen (secondary N) is 1. The van der Waals surface area contributed by atoms with Gasteiger partial charge in [0.15, 0.2) is 0 Å². The van der Waals surface area contributed by atoms with Crippen molar-refractivity contribution < 1.29 is 9.72 Å². The van der Waals surface area contributed by atoms with E-state index < -0.39 is 10.8 Å². The van der Waals surface area contributed by atoms with Gasteiger partial charge in [-0.2, -0.15) is 0 Å². The maximum absolute atomic E-state index is 12.6. The van der Waals surface area contributed by atoms with Gasteiger partial charge in [0.1, 0.15) is 5.56 Å². The van der Waals surface area contributed by atoms with Gasteiger partial charge in [-0.05, 0) is 31.8 Å². The fourth-order valence-corrected chi connectivity index (χ4v) is 2.54. The Morgan fingerprint density at radius 2 is 1.92 bits per heavy atom. The van der Waals surface area contributed by atoms with Crippen molar-refractivity contribution in [2.75, 3.05) is 20.6 Å². The van der Waals surface area contributed by atoms with Gasteiger partial charge >= 0.3 is 0 Å². The molecule has 2 rings (SSSR count). The number of carbonyl (C=O) groups excluding carboxylic acids is 1. The number of nitro benzene ring substituents is 1. The smallest absolute Gasteiger partial charge is 0.283 e. The Hall–Kier alpha value is -2.44. The number of halogens is 1. The first-order valence-electron chi connectivity index (χ1n) is 7.33. The molecule has 1 N–H and O–H groups in total. The SMILES string of the molecule is CN(C)C[C@H](NC(=O)c1ccc(Cl)cc1[N+](=O)[O-])c1ccccc1. The number of nitro groups is 1. The van der Waals surface area contributed by atoms with Crippen LogP contribution in [0.4, 0.5) is 5.69 Å². The van der Waals surface area contributed by atoms with Crippen LogP contribution in [0.15, 0.2) is 48.5 Å². The summed E-state index contributed by atoms with van der Waals surface area (Å²) in [4.78, 5) is 25.1. The summed E-state index contributed by atoms with van der Waals surface area (Å²) in [5, 5.41) is 14.3. The second kappa shape index (κ2) is 7.90. The van der Waals surface area contributed by atoms with Crippen LogP contribution in [-0.4, -0.2) is 36.4 Å². The molecule has 1 atom stereocenters. The van der Waals surface area contributed by atoms with Crippen molar-refractivity contribution in [1.29, 1.82) is 0 Å². The Kier molecular flexibility index (Phi) is 5.89. The van der Waals surface area contributed by atoms with Gasteiger partial charge in [0.25, 0.3) is 11.6 Å². The van der Waals surface area contributed by atoms with E-state index in [1.54, 1.807) is 0 Å². The number of nitrogens with zero attached hydrogens (tertiary/aromatic N) is 2. The topological polar surface area (TPSA) is 75.5 Å². The van der Waals surface area contributed by atoms with Crippen LogP contribution in [0.3, 0.4) is 0 Å². The lowest BCUT2D eigenvalue weighted by atomic mass is 10.1. The van der Waals surface area contributed by atoms with E-state index in [1.165, 1.54) is 18.2 Å². The van der Waals surface area contributed by atoms with Crippen molar-refractivity contribution in [3.05, 3.63) is 74.8 Å². The molecule has 0 radical (unpaired) electrons. The number of rotatable bonds is 6. The Balaban J connectivity index is 2.30. The first-order valence-corrected chi connectivity index (χ1v) is 7.70. The van der Waals surface area contributed by atoms with Crippen molar-refractivity contribution in [2.24, 2.45) is 0 Å². The number of likely N-dealkylation sites (N-methyl/N-ethyl adjacent to an activating group) is 1. The molecule has 0 spiro atoms. The molecule has 0 fully saturated rings. The van der Waals surface area contributed by atoms with E-state index in [9.17, 15) is 14.9 Å². The standard InChI is InChI=1S/C17H18ClN3O3/c1-20(2)11-15(12-6-4-3-5-7-12)19-17(22)14-9-8-13(18)10-16(14)21(23)24/h3-10,15H,11H2,1-2H3,(H,19,22)/t15-/m0/s1. The van der Waals surface area contributed by atoms with Gasteiger partial charge in [-0.25, -0.2) is 0 Å². The fourth-order valence-electron chi connectivity index (χ4n) is 2.37. The minimum atomic E-state index is -0.607. The van der Waals surface area contributed by atoms with E-state index >= 15 is 0 Å². The number of carbonyl (C=O) groups is 1. The van der Waals surface area contributed by atoms with Gasteiger partial charge in [-0.3, -0.25) is 14.9 Å². The van der Waals surface area contributed by atoms with E-state index in [1.807, 2.05) is 49.3 Å². The molecule has 2 aromatic rings. The Morgan fingerprint density at radius 3 is 2.50 bits per heavy atom. The normalized spacial score (nSPS) is 12.0. The summed E-state index contributed by atoms with van der Waals surface area (Å²) in [6, 6.07) is 13.2. The van der Waals surface area contributed by atoms with E-state index in [-0.39, 0.29) is 22.3 Å². The molecule has 24 heavy (non-hydrogen) atoms. The molecular formula is C17H18ClN3O3. The third-order valence-corrected chi connectivity index (χ3v) is 3.69. The number of benzene rings is 2. The van der Waals surface area contributed by atoms with Gasteiger partial charge in [-0.1, -0.05) is 41.9 Å². The van der Waals surface area contributed by atoms with Crippen molar-refractivity contribution >= 4 is 23.2 Å². The molecule has 0 saturated carbocycles. The van der Waals surface area contributed by atoms with Crippen LogP contribution in [0.2, 0.25) is 5.02 Å². The third kappa shape index (κ3) is 4.53. The average Bonchev–Trinajstić information content (AvgIpc) is 2.54. The predicted molar refractivity (Wildman–Crippen MR) is 93.3 cm³/mol. The van der Waals surface area contributed by atoms with Crippen molar-refractivity contribution in [3.63, 3.8) is 0 Å². The van der Waals surface area contributed by atoms with E-state index in [0.29, 0.717) is 6.54 Å². The molecule has 6 nitrogen and oxygen atoms in total. The zero-order chi connectivity index (χ0) is 17.7. The number of hydrogen-bond acceptors (Lipinski definition) is 4. The van der Waals surface area contributed by atoms with Crippen LogP contribution in [0.5, 0.6) is 0 Å². The van der Waals surface area contributed by atoms with E-state index in [2.05, 4.69) is 5.32 Å². The lowest BCUT2D eigenvalue weighted by molar-refractivity contribution is -0.385. The molecule has 0 aliphatic rings. The molecular weight excluding hydrogens is 330 g/mol. The zero-order valence-corrected chi connectivity index (χ0v) is 14.2. The maximum Gasteiger partial charge on any atom is 0.283 e. The fraction of sp³-hybridized carbons (Fsp3) is 0.235. The summed E-state index contributed by atoms with van der Waals surface area (Å²) in [6.45, 7) is 0.567. The second-order valence-electron chi connectivity index (χ2n) is 5.62. The van der Waals surface area contributed by atoms with Crippen molar-refractivity contribution in [2.45, 2.75) is 6.04 Å². The maximum atomic E-state index is 12.6. The van der Waals surface area contributed by atoms with Gasteiger partial charge in [0.2, 0.25) is 0 Å². The molecule has 0 bridgehead atoms. The Bertz CT molecular complexity index is 735. The molecule has 7 heteroatoms. The molecule has 0 unspecified atom stereocenters. The summed E-state index contributed by atoms with van der Waals surface area (Å²) in [7, 11) is 3.79. The van der Waals surface area contributed by atoms with Crippen LogP contribution >= 0.6 is 11.6 Å². The van der Waals surface area contributed by atoms with Crippen molar-refractivity contribution in [3.8, 4) is 0 Å². The zero-order valence-electron chi connectivity index (χ0n) is 13.4. The van der Waals surface area contributed by atoms with Crippen LogP contribution < -0.4 is 5.32 Å². The van der Waals surface area contributed by atoms with E-state index in [0.717, 1.165) is 5.56 Å². The highest BCUT2D eigenvalue weighted by Crippen LogP contribution is 2.24. The first-order chi connectivity index (χ1) is 11.4. The third-order valence-electron chi connectivity index (χ3n) is 3.46.